The molecular formula is C13H13N3O4. The molecule has 0 saturated carbocycles. The zero-order chi connectivity index (χ0) is 14.7. The Balaban J connectivity index is 2.11. The second-order valence-corrected chi connectivity index (χ2v) is 4.31. The van der Waals surface area contributed by atoms with E-state index in [4.69, 9.17) is 4.74 Å². The van der Waals surface area contributed by atoms with Crippen LogP contribution in [-0.4, -0.2) is 26.9 Å². The van der Waals surface area contributed by atoms with E-state index in [1.807, 2.05) is 0 Å². The second kappa shape index (κ2) is 5.52. The smallest absolute Gasteiger partial charge is 0.406 e. The Morgan fingerprint density at radius 1 is 1.45 bits per heavy atom. The minimum atomic E-state index is -0.630. The summed E-state index contributed by atoms with van der Waals surface area (Å²) < 4.78 is 6.96. The van der Waals surface area contributed by atoms with E-state index in [0.29, 0.717) is 11.3 Å². The summed E-state index contributed by atoms with van der Waals surface area (Å²) in [5.41, 5.74) is 1.01. The van der Waals surface area contributed by atoms with Crippen molar-refractivity contribution in [2.45, 2.75) is 6.92 Å². The van der Waals surface area contributed by atoms with Gasteiger partial charge >= 0.3 is 5.82 Å². The van der Waals surface area contributed by atoms with E-state index in [0.717, 1.165) is 0 Å². The molecule has 0 aliphatic heterocycles. The molecule has 7 heteroatoms. The number of ether oxygens (including phenoxy) is 1. The topological polar surface area (TPSA) is 87.3 Å². The predicted octanol–water partition coefficient (Wildman–Crippen LogP) is 1.90. The van der Waals surface area contributed by atoms with Gasteiger partial charge in [-0.15, -0.1) is 0 Å². The first-order valence-corrected chi connectivity index (χ1v) is 5.87. The highest BCUT2D eigenvalue weighted by molar-refractivity contribution is 5.97. The van der Waals surface area contributed by atoms with E-state index in [2.05, 4.69) is 4.98 Å². The van der Waals surface area contributed by atoms with Crippen molar-refractivity contribution in [2.75, 3.05) is 6.61 Å². The third kappa shape index (κ3) is 3.00. The van der Waals surface area contributed by atoms with Crippen molar-refractivity contribution in [1.29, 1.82) is 0 Å². The molecule has 0 unspecified atom stereocenters. The molecular weight excluding hydrogens is 262 g/mol. The highest BCUT2D eigenvalue weighted by Gasteiger charge is 2.19. The molecule has 0 aromatic carbocycles. The van der Waals surface area contributed by atoms with E-state index in [9.17, 15) is 14.9 Å². The Hall–Kier alpha value is -2.70. The number of rotatable bonds is 5. The van der Waals surface area contributed by atoms with Crippen LogP contribution in [0.3, 0.4) is 0 Å². The van der Waals surface area contributed by atoms with Crippen LogP contribution in [0.2, 0.25) is 0 Å². The Morgan fingerprint density at radius 3 is 2.80 bits per heavy atom. The Kier molecular flexibility index (Phi) is 3.79. The van der Waals surface area contributed by atoms with Crippen molar-refractivity contribution >= 4 is 11.6 Å². The van der Waals surface area contributed by atoms with Crippen molar-refractivity contribution < 1.29 is 14.5 Å². The van der Waals surface area contributed by atoms with Gasteiger partial charge in [-0.2, -0.15) is 0 Å². The molecule has 0 atom stereocenters. The van der Waals surface area contributed by atoms with E-state index in [-0.39, 0.29) is 24.0 Å². The molecule has 0 aliphatic carbocycles. The molecule has 7 nitrogen and oxygen atoms in total. The lowest BCUT2D eigenvalue weighted by molar-refractivity contribution is -0.390. The van der Waals surface area contributed by atoms with Gasteiger partial charge in [0.15, 0.2) is 6.61 Å². The summed E-state index contributed by atoms with van der Waals surface area (Å²) in [5.74, 6) is -0.642. The van der Waals surface area contributed by atoms with Gasteiger partial charge in [0.1, 0.15) is 5.69 Å². The molecule has 2 aromatic heterocycles. The number of hydrogen-bond acceptors (Lipinski definition) is 5. The zero-order valence-corrected chi connectivity index (χ0v) is 11.1. The van der Waals surface area contributed by atoms with Crippen molar-refractivity contribution in [3.8, 4) is 5.75 Å². The fourth-order valence-corrected chi connectivity index (χ4v) is 1.67. The maximum absolute atomic E-state index is 11.9. The van der Waals surface area contributed by atoms with Crippen LogP contribution in [0.4, 0.5) is 5.82 Å². The first-order valence-electron chi connectivity index (χ1n) is 5.87. The van der Waals surface area contributed by atoms with Crippen molar-refractivity contribution in [2.24, 2.45) is 7.05 Å². The Labute approximate surface area is 115 Å². The molecule has 0 saturated heterocycles. The van der Waals surface area contributed by atoms with Gasteiger partial charge in [-0.1, -0.05) is 0 Å². The molecule has 20 heavy (non-hydrogen) atoms. The zero-order valence-electron chi connectivity index (χ0n) is 11.1. The normalized spacial score (nSPS) is 10.3. The lowest BCUT2D eigenvalue weighted by Crippen LogP contribution is -2.12. The SMILES string of the molecule is Cc1ccc(OCC(=O)c2ccn(C)c2)c([N+](=O)[O-])n1. The molecule has 0 aliphatic rings. The van der Waals surface area contributed by atoms with Crippen LogP contribution in [0.5, 0.6) is 5.75 Å². The molecule has 0 N–H and O–H groups in total. The number of Topliss-reactive ketones (excluding diaryl/α,β-unsaturated/α-hetero) is 1. The molecule has 104 valence electrons. The average molecular weight is 275 g/mol. The van der Waals surface area contributed by atoms with E-state index in [1.54, 1.807) is 43.1 Å². The minimum Gasteiger partial charge on any atom is -0.477 e. The molecule has 2 heterocycles. The van der Waals surface area contributed by atoms with Gasteiger partial charge in [-0.3, -0.25) is 4.79 Å². The van der Waals surface area contributed by atoms with Crippen LogP contribution in [0.25, 0.3) is 0 Å². The maximum Gasteiger partial charge on any atom is 0.406 e. The van der Waals surface area contributed by atoms with E-state index >= 15 is 0 Å². The molecule has 0 bridgehead atoms. The largest absolute Gasteiger partial charge is 0.477 e. The van der Waals surface area contributed by atoms with Crippen LogP contribution in [-0.2, 0) is 7.05 Å². The van der Waals surface area contributed by atoms with Crippen LogP contribution in [0.1, 0.15) is 16.1 Å². The number of nitro groups is 1. The summed E-state index contributed by atoms with van der Waals surface area (Å²) in [6.45, 7) is 1.38. The van der Waals surface area contributed by atoms with Gasteiger partial charge in [-0.05, 0) is 28.1 Å². The average Bonchev–Trinajstić information content (AvgIpc) is 2.83. The van der Waals surface area contributed by atoms with E-state index < -0.39 is 4.92 Å². The summed E-state index contributed by atoms with van der Waals surface area (Å²) in [4.78, 5) is 25.9. The Morgan fingerprint density at radius 2 is 2.20 bits per heavy atom. The van der Waals surface area contributed by atoms with Gasteiger partial charge < -0.3 is 19.4 Å². The molecule has 0 radical (unpaired) electrons. The molecule has 0 spiro atoms. The summed E-state index contributed by atoms with van der Waals surface area (Å²) in [5, 5.41) is 10.9. The van der Waals surface area contributed by atoms with Crippen LogP contribution >= 0.6 is 0 Å². The van der Waals surface area contributed by atoms with Crippen molar-refractivity contribution in [1.82, 2.24) is 9.55 Å². The predicted molar refractivity (Wildman–Crippen MR) is 70.9 cm³/mol. The maximum atomic E-state index is 11.9. The first kappa shape index (κ1) is 13.7. The molecule has 0 amide bonds. The van der Waals surface area contributed by atoms with Gasteiger partial charge in [0.25, 0.3) is 0 Å². The lowest BCUT2D eigenvalue weighted by atomic mass is 10.2. The first-order chi connectivity index (χ1) is 9.47. The number of nitrogens with zero attached hydrogens (tertiary/aromatic N) is 3. The summed E-state index contributed by atoms with van der Waals surface area (Å²) in [6, 6.07) is 4.70. The van der Waals surface area contributed by atoms with Crippen molar-refractivity contribution in [3.05, 3.63) is 52.0 Å². The van der Waals surface area contributed by atoms with Gasteiger partial charge in [0, 0.05) is 31.9 Å². The third-order valence-electron chi connectivity index (χ3n) is 2.66. The van der Waals surface area contributed by atoms with Gasteiger partial charge in [0.2, 0.25) is 11.5 Å². The number of pyridine rings is 1. The van der Waals surface area contributed by atoms with Crippen molar-refractivity contribution in [3.63, 3.8) is 0 Å². The molecule has 2 rings (SSSR count). The van der Waals surface area contributed by atoms with Crippen LogP contribution < -0.4 is 4.74 Å². The summed E-state index contributed by atoms with van der Waals surface area (Å²) in [7, 11) is 1.80. The Bertz CT molecular complexity index is 663. The molecule has 2 aromatic rings. The number of hydrogen-bond donors (Lipinski definition) is 0. The van der Waals surface area contributed by atoms with Gasteiger partial charge in [0.05, 0.1) is 0 Å². The van der Waals surface area contributed by atoms with Gasteiger partial charge in [-0.25, -0.2) is 0 Å². The number of aryl methyl sites for hydroxylation is 2. The minimum absolute atomic E-state index is 0.00937. The monoisotopic (exact) mass is 275 g/mol. The number of aromatic nitrogens is 2. The fourth-order valence-electron chi connectivity index (χ4n) is 1.67. The fraction of sp³-hybridized carbons (Fsp3) is 0.231. The number of carbonyl (C=O) groups excluding carboxylic acids is 1. The quantitative estimate of drug-likeness (QED) is 0.472. The van der Waals surface area contributed by atoms with Crippen LogP contribution in [0.15, 0.2) is 30.6 Å². The summed E-state index contributed by atoms with van der Waals surface area (Å²) in [6.07, 6.45) is 3.40. The molecule has 0 fully saturated rings. The standard InChI is InChI=1S/C13H13N3O4/c1-9-3-4-12(13(14-9)16(18)19)20-8-11(17)10-5-6-15(2)7-10/h3-7H,8H2,1-2H3. The number of carbonyl (C=O) groups is 1. The number of ketones is 1. The second-order valence-electron chi connectivity index (χ2n) is 4.31. The highest BCUT2D eigenvalue weighted by Crippen LogP contribution is 2.24. The highest BCUT2D eigenvalue weighted by atomic mass is 16.6. The van der Waals surface area contributed by atoms with E-state index in [1.165, 1.54) is 6.07 Å². The third-order valence-corrected chi connectivity index (χ3v) is 2.66. The summed E-state index contributed by atoms with van der Waals surface area (Å²) >= 11 is 0. The van der Waals surface area contributed by atoms with Crippen LogP contribution in [0, 0.1) is 17.0 Å². The lowest BCUT2D eigenvalue weighted by Gasteiger charge is -2.05.